The van der Waals surface area contributed by atoms with Crippen LogP contribution in [0.15, 0.2) is 18.2 Å². The lowest BCUT2D eigenvalue weighted by atomic mass is 10.1. The van der Waals surface area contributed by atoms with Crippen LogP contribution >= 0.6 is 11.8 Å². The molecule has 1 saturated heterocycles. The Labute approximate surface area is 111 Å². The van der Waals surface area contributed by atoms with E-state index in [4.69, 9.17) is 5.73 Å². The summed E-state index contributed by atoms with van der Waals surface area (Å²) < 4.78 is 13.1. The van der Waals surface area contributed by atoms with Crippen LogP contribution in [0.5, 0.6) is 0 Å². The number of hydrogen-bond donors (Lipinski definition) is 1. The topological polar surface area (TPSA) is 46.3 Å². The average Bonchev–Trinajstić information content (AvgIpc) is 2.30. The van der Waals surface area contributed by atoms with Gasteiger partial charge in [0, 0.05) is 29.2 Å². The van der Waals surface area contributed by atoms with Gasteiger partial charge in [-0.2, -0.15) is 11.8 Å². The second kappa shape index (κ2) is 5.18. The third-order valence-corrected chi connectivity index (χ3v) is 4.18. The monoisotopic (exact) mass is 268 g/mol. The van der Waals surface area contributed by atoms with Gasteiger partial charge in [0.1, 0.15) is 5.82 Å². The summed E-state index contributed by atoms with van der Waals surface area (Å²) in [7, 11) is 0. The van der Waals surface area contributed by atoms with Crippen LogP contribution in [0.3, 0.4) is 0 Å². The molecule has 1 aliphatic rings. The molecule has 1 amide bonds. The highest BCUT2D eigenvalue weighted by atomic mass is 32.2. The number of carbonyl (C=O) groups is 1. The van der Waals surface area contributed by atoms with Gasteiger partial charge in [-0.25, -0.2) is 4.39 Å². The molecule has 1 aromatic rings. The fourth-order valence-corrected chi connectivity index (χ4v) is 3.53. The molecule has 0 bridgehead atoms. The Morgan fingerprint density at radius 3 is 2.56 bits per heavy atom. The third-order valence-electron chi connectivity index (χ3n) is 2.95. The van der Waals surface area contributed by atoms with Crippen LogP contribution in [0, 0.1) is 5.82 Å². The molecule has 1 heterocycles. The summed E-state index contributed by atoms with van der Waals surface area (Å²) in [5.41, 5.74) is 5.97. The molecule has 0 aromatic heterocycles. The van der Waals surface area contributed by atoms with Gasteiger partial charge in [0.05, 0.1) is 5.69 Å². The maximum Gasteiger partial charge on any atom is 0.254 e. The van der Waals surface area contributed by atoms with Crippen molar-refractivity contribution in [2.45, 2.75) is 24.3 Å². The van der Waals surface area contributed by atoms with Crippen molar-refractivity contribution in [3.8, 4) is 0 Å². The highest BCUT2D eigenvalue weighted by Gasteiger charge is 2.26. The van der Waals surface area contributed by atoms with Crippen LogP contribution in [-0.2, 0) is 0 Å². The summed E-state index contributed by atoms with van der Waals surface area (Å²) in [5.74, 6) is -0.553. The Morgan fingerprint density at radius 2 is 2.00 bits per heavy atom. The Kier molecular flexibility index (Phi) is 3.80. The number of anilines is 1. The molecule has 0 spiro atoms. The zero-order valence-electron chi connectivity index (χ0n) is 10.5. The van der Waals surface area contributed by atoms with Crippen molar-refractivity contribution >= 4 is 23.4 Å². The number of carbonyl (C=O) groups excluding carboxylic acids is 1. The number of nitrogens with zero attached hydrogens (tertiary/aromatic N) is 1. The van der Waals surface area contributed by atoms with Gasteiger partial charge in [-0.3, -0.25) is 4.79 Å². The molecule has 0 radical (unpaired) electrons. The van der Waals surface area contributed by atoms with Gasteiger partial charge in [-0.05, 0) is 18.2 Å². The van der Waals surface area contributed by atoms with Crippen LogP contribution in [0.2, 0.25) is 0 Å². The molecule has 0 saturated carbocycles. The van der Waals surface area contributed by atoms with Crippen molar-refractivity contribution in [3.05, 3.63) is 29.6 Å². The first-order chi connectivity index (χ1) is 8.47. The van der Waals surface area contributed by atoms with Crippen LogP contribution in [0.4, 0.5) is 10.1 Å². The van der Waals surface area contributed by atoms with Crippen LogP contribution in [-0.4, -0.2) is 34.4 Å². The minimum atomic E-state index is -0.484. The minimum Gasteiger partial charge on any atom is -0.396 e. The first-order valence-electron chi connectivity index (χ1n) is 5.97. The van der Waals surface area contributed by atoms with Crippen LogP contribution in [0.25, 0.3) is 0 Å². The van der Waals surface area contributed by atoms with Crippen molar-refractivity contribution in [2.24, 2.45) is 0 Å². The predicted octanol–water partition coefficient (Wildman–Crippen LogP) is 2.37. The quantitative estimate of drug-likeness (QED) is 0.795. The minimum absolute atomic E-state index is 0.0216. The number of nitrogen functional groups attached to an aromatic ring is 1. The summed E-state index contributed by atoms with van der Waals surface area (Å²) in [5, 5.41) is 0.853. The predicted molar refractivity (Wildman–Crippen MR) is 73.2 cm³/mol. The molecule has 1 aromatic carbocycles. The standard InChI is InChI=1S/C13H17FN2OS/c1-8-6-16(7-9(2)18-8)13(17)10-3-4-11(14)12(15)5-10/h3-5,8-9H,6-7,15H2,1-2H3. The Morgan fingerprint density at radius 1 is 1.39 bits per heavy atom. The van der Waals surface area contributed by atoms with E-state index in [1.54, 1.807) is 0 Å². The van der Waals surface area contributed by atoms with E-state index < -0.39 is 5.82 Å². The lowest BCUT2D eigenvalue weighted by Gasteiger charge is -2.34. The molecule has 18 heavy (non-hydrogen) atoms. The Balaban J connectivity index is 2.17. The van der Waals surface area contributed by atoms with Crippen LogP contribution < -0.4 is 5.73 Å². The van der Waals surface area contributed by atoms with Crippen LogP contribution in [0.1, 0.15) is 24.2 Å². The van der Waals surface area contributed by atoms with Gasteiger partial charge in [0.15, 0.2) is 0 Å². The van der Waals surface area contributed by atoms with Gasteiger partial charge in [-0.1, -0.05) is 13.8 Å². The molecule has 2 unspecified atom stereocenters. The highest BCUT2D eigenvalue weighted by molar-refractivity contribution is 8.00. The number of nitrogens with two attached hydrogens (primary N) is 1. The van der Waals surface area contributed by atoms with Gasteiger partial charge in [-0.15, -0.1) is 0 Å². The largest absolute Gasteiger partial charge is 0.396 e. The fraction of sp³-hybridized carbons (Fsp3) is 0.462. The van der Waals surface area contributed by atoms with E-state index >= 15 is 0 Å². The summed E-state index contributed by atoms with van der Waals surface area (Å²) in [4.78, 5) is 14.1. The number of hydrogen-bond acceptors (Lipinski definition) is 3. The van der Waals surface area contributed by atoms with E-state index in [0.717, 1.165) is 13.1 Å². The van der Waals surface area contributed by atoms with Crippen molar-refractivity contribution in [3.63, 3.8) is 0 Å². The Hall–Kier alpha value is -1.23. The molecular weight excluding hydrogens is 251 g/mol. The van der Waals surface area contributed by atoms with Crippen molar-refractivity contribution < 1.29 is 9.18 Å². The zero-order chi connectivity index (χ0) is 13.3. The first-order valence-corrected chi connectivity index (χ1v) is 6.91. The summed E-state index contributed by atoms with van der Waals surface area (Å²) >= 11 is 1.88. The van der Waals surface area contributed by atoms with E-state index in [1.807, 2.05) is 16.7 Å². The average molecular weight is 268 g/mol. The summed E-state index contributed by atoms with van der Waals surface area (Å²) in [6.07, 6.45) is 0. The first kappa shape index (κ1) is 13.2. The number of halogens is 1. The molecular formula is C13H17FN2OS. The lowest BCUT2D eigenvalue weighted by Crippen LogP contribution is -2.44. The van der Waals surface area contributed by atoms with E-state index in [1.165, 1.54) is 18.2 Å². The third kappa shape index (κ3) is 2.77. The normalized spacial score (nSPS) is 24.1. The molecule has 0 aliphatic carbocycles. The Bertz CT molecular complexity index is 456. The molecule has 2 N–H and O–H groups in total. The number of rotatable bonds is 1. The van der Waals surface area contributed by atoms with E-state index in [0.29, 0.717) is 16.1 Å². The molecule has 3 nitrogen and oxygen atoms in total. The summed E-state index contributed by atoms with van der Waals surface area (Å²) in [6.45, 7) is 5.68. The molecule has 1 fully saturated rings. The smallest absolute Gasteiger partial charge is 0.254 e. The number of benzene rings is 1. The number of amides is 1. The molecule has 2 rings (SSSR count). The van der Waals surface area contributed by atoms with Gasteiger partial charge < -0.3 is 10.6 Å². The van der Waals surface area contributed by atoms with Gasteiger partial charge in [0.25, 0.3) is 5.91 Å². The maximum absolute atomic E-state index is 13.1. The second-order valence-electron chi connectivity index (χ2n) is 4.70. The molecule has 98 valence electrons. The highest BCUT2D eigenvalue weighted by Crippen LogP contribution is 2.26. The summed E-state index contributed by atoms with van der Waals surface area (Å²) in [6, 6.07) is 4.15. The van der Waals surface area contributed by atoms with Crippen molar-refractivity contribution in [1.82, 2.24) is 4.90 Å². The molecule has 5 heteroatoms. The van der Waals surface area contributed by atoms with E-state index in [9.17, 15) is 9.18 Å². The lowest BCUT2D eigenvalue weighted by molar-refractivity contribution is 0.0753. The molecule has 2 atom stereocenters. The van der Waals surface area contributed by atoms with Crippen molar-refractivity contribution in [2.75, 3.05) is 18.8 Å². The number of thioether (sulfide) groups is 1. The van der Waals surface area contributed by atoms with Crippen molar-refractivity contribution in [1.29, 1.82) is 0 Å². The van der Waals surface area contributed by atoms with Gasteiger partial charge >= 0.3 is 0 Å². The SMILES string of the molecule is CC1CN(C(=O)c2ccc(F)c(N)c2)CC(C)S1. The zero-order valence-corrected chi connectivity index (χ0v) is 11.3. The van der Waals surface area contributed by atoms with E-state index in [2.05, 4.69) is 13.8 Å². The van der Waals surface area contributed by atoms with E-state index in [-0.39, 0.29) is 11.6 Å². The second-order valence-corrected chi connectivity index (χ2v) is 6.59. The maximum atomic E-state index is 13.1. The fourth-order valence-electron chi connectivity index (χ4n) is 2.20. The molecule has 1 aliphatic heterocycles. The van der Waals surface area contributed by atoms with Gasteiger partial charge in [0.2, 0.25) is 0 Å².